The van der Waals surface area contributed by atoms with E-state index in [1.807, 2.05) is 6.92 Å². The van der Waals surface area contributed by atoms with E-state index < -0.39 is 17.6 Å². The quantitative estimate of drug-likeness (QED) is 0.874. The predicted octanol–water partition coefficient (Wildman–Crippen LogP) is 1.97. The summed E-state index contributed by atoms with van der Waals surface area (Å²) in [6.07, 6.45) is -1.96. The Morgan fingerprint density at radius 1 is 1.45 bits per heavy atom. The maximum Gasteiger partial charge on any atom is 0.417 e. The number of piperidine rings is 1. The lowest BCUT2D eigenvalue weighted by atomic mass is 10.00. The molecule has 1 fully saturated rings. The van der Waals surface area contributed by atoms with Crippen LogP contribution in [0.15, 0.2) is 18.3 Å². The highest BCUT2D eigenvalue weighted by molar-refractivity contribution is 5.92. The second-order valence-electron chi connectivity index (χ2n) is 4.89. The molecule has 2 rings (SSSR count). The van der Waals surface area contributed by atoms with Crippen LogP contribution in [0.5, 0.6) is 0 Å². The van der Waals surface area contributed by atoms with Gasteiger partial charge >= 0.3 is 6.18 Å². The third kappa shape index (κ3) is 3.47. The first-order chi connectivity index (χ1) is 9.38. The monoisotopic (exact) mass is 287 g/mol. The molecule has 4 nitrogen and oxygen atoms in total. The molecule has 20 heavy (non-hydrogen) atoms. The zero-order valence-corrected chi connectivity index (χ0v) is 11.0. The van der Waals surface area contributed by atoms with Crippen molar-refractivity contribution in [2.45, 2.75) is 38.0 Å². The summed E-state index contributed by atoms with van der Waals surface area (Å²) < 4.78 is 37.2. The van der Waals surface area contributed by atoms with Gasteiger partial charge in [-0.25, -0.2) is 0 Å². The minimum absolute atomic E-state index is 0.00391. The van der Waals surface area contributed by atoms with Gasteiger partial charge in [0.25, 0.3) is 5.91 Å². The lowest BCUT2D eigenvalue weighted by Crippen LogP contribution is -2.52. The number of hydrogen-bond donors (Lipinski definition) is 2. The fourth-order valence-corrected chi connectivity index (χ4v) is 2.18. The van der Waals surface area contributed by atoms with Gasteiger partial charge in [0.1, 0.15) is 5.69 Å². The van der Waals surface area contributed by atoms with Crippen LogP contribution in [0.1, 0.15) is 35.8 Å². The van der Waals surface area contributed by atoms with Crippen molar-refractivity contribution in [2.24, 2.45) is 0 Å². The predicted molar refractivity (Wildman–Crippen MR) is 67.2 cm³/mol. The third-order valence-corrected chi connectivity index (χ3v) is 3.40. The number of rotatable bonds is 2. The molecule has 1 aliphatic heterocycles. The van der Waals surface area contributed by atoms with Crippen molar-refractivity contribution in [3.63, 3.8) is 0 Å². The second-order valence-corrected chi connectivity index (χ2v) is 4.89. The largest absolute Gasteiger partial charge is 0.417 e. The highest BCUT2D eigenvalue weighted by Gasteiger charge is 2.31. The number of hydrogen-bond acceptors (Lipinski definition) is 3. The van der Waals surface area contributed by atoms with Crippen molar-refractivity contribution in [2.75, 3.05) is 6.54 Å². The average Bonchev–Trinajstić information content (AvgIpc) is 2.40. The molecule has 2 heterocycles. The van der Waals surface area contributed by atoms with Crippen LogP contribution in [0.4, 0.5) is 13.2 Å². The normalized spacial score (nSPS) is 23.4. The van der Waals surface area contributed by atoms with Crippen molar-refractivity contribution in [3.05, 3.63) is 29.6 Å². The van der Waals surface area contributed by atoms with Crippen LogP contribution in [-0.4, -0.2) is 29.5 Å². The highest BCUT2D eigenvalue weighted by atomic mass is 19.4. The van der Waals surface area contributed by atoms with Gasteiger partial charge < -0.3 is 10.6 Å². The number of carbonyl (C=O) groups excluding carboxylic acids is 1. The van der Waals surface area contributed by atoms with Crippen molar-refractivity contribution in [3.8, 4) is 0 Å². The van der Waals surface area contributed by atoms with Gasteiger partial charge in [-0.15, -0.1) is 0 Å². The highest BCUT2D eigenvalue weighted by Crippen LogP contribution is 2.28. The molecule has 1 aliphatic rings. The summed E-state index contributed by atoms with van der Waals surface area (Å²) in [5.74, 6) is -0.445. The van der Waals surface area contributed by atoms with E-state index in [1.165, 1.54) is 0 Å². The summed E-state index contributed by atoms with van der Waals surface area (Å²) in [5.41, 5.74) is -0.863. The first-order valence-corrected chi connectivity index (χ1v) is 6.45. The number of nitrogens with one attached hydrogen (secondary N) is 2. The van der Waals surface area contributed by atoms with Crippen LogP contribution in [0.3, 0.4) is 0 Å². The fourth-order valence-electron chi connectivity index (χ4n) is 2.18. The number of alkyl halides is 3. The SMILES string of the molecule is CC1NCCCC1NC(=O)c1ccc(C(F)(F)F)cn1. The average molecular weight is 287 g/mol. The van der Waals surface area contributed by atoms with Crippen molar-refractivity contribution >= 4 is 5.91 Å². The van der Waals surface area contributed by atoms with Gasteiger partial charge in [0.05, 0.1) is 5.56 Å². The Morgan fingerprint density at radius 3 is 2.75 bits per heavy atom. The Balaban J connectivity index is 2.02. The maximum atomic E-state index is 12.4. The summed E-state index contributed by atoms with van der Waals surface area (Å²) in [5, 5.41) is 6.03. The van der Waals surface area contributed by atoms with Gasteiger partial charge in [-0.2, -0.15) is 13.2 Å². The van der Waals surface area contributed by atoms with Gasteiger partial charge in [0.15, 0.2) is 0 Å². The second kappa shape index (κ2) is 5.78. The summed E-state index contributed by atoms with van der Waals surface area (Å²) in [4.78, 5) is 15.5. The van der Waals surface area contributed by atoms with Gasteiger partial charge in [-0.3, -0.25) is 9.78 Å². The van der Waals surface area contributed by atoms with Crippen LogP contribution >= 0.6 is 0 Å². The smallest absolute Gasteiger partial charge is 0.346 e. The number of amides is 1. The molecule has 2 N–H and O–H groups in total. The van der Waals surface area contributed by atoms with E-state index in [0.717, 1.165) is 31.5 Å². The van der Waals surface area contributed by atoms with E-state index in [1.54, 1.807) is 0 Å². The molecular weight excluding hydrogens is 271 g/mol. The molecule has 110 valence electrons. The molecule has 0 bridgehead atoms. The Morgan fingerprint density at radius 2 is 2.20 bits per heavy atom. The Hall–Kier alpha value is -1.63. The topological polar surface area (TPSA) is 54.0 Å². The summed E-state index contributed by atoms with van der Waals surface area (Å²) in [6, 6.07) is 2.08. The first-order valence-electron chi connectivity index (χ1n) is 6.45. The lowest BCUT2D eigenvalue weighted by molar-refractivity contribution is -0.137. The van der Waals surface area contributed by atoms with Crippen LogP contribution in [0.25, 0.3) is 0 Å². The maximum absolute atomic E-state index is 12.4. The molecule has 1 saturated heterocycles. The molecule has 1 aromatic heterocycles. The van der Waals surface area contributed by atoms with Crippen LogP contribution in [0.2, 0.25) is 0 Å². The van der Waals surface area contributed by atoms with Crippen molar-refractivity contribution < 1.29 is 18.0 Å². The first kappa shape index (κ1) is 14.8. The molecule has 1 amide bonds. The Bertz CT molecular complexity index is 473. The van der Waals surface area contributed by atoms with Crippen molar-refractivity contribution in [1.82, 2.24) is 15.6 Å². The molecule has 0 saturated carbocycles. The standard InChI is InChI=1S/C13H16F3N3O/c1-8-10(3-2-6-17-8)19-12(20)11-5-4-9(7-18-11)13(14,15)16/h4-5,7-8,10,17H,2-3,6H2,1H3,(H,19,20). The molecule has 0 radical (unpaired) electrons. The minimum Gasteiger partial charge on any atom is -0.346 e. The van der Waals surface area contributed by atoms with Crippen LogP contribution in [-0.2, 0) is 6.18 Å². The molecular formula is C13H16F3N3O. The number of carbonyl (C=O) groups is 1. The van der Waals surface area contributed by atoms with Crippen LogP contribution in [0, 0.1) is 0 Å². The van der Waals surface area contributed by atoms with Gasteiger partial charge in [0, 0.05) is 18.3 Å². The molecule has 0 aromatic carbocycles. The third-order valence-electron chi connectivity index (χ3n) is 3.40. The van der Waals surface area contributed by atoms with Crippen molar-refractivity contribution in [1.29, 1.82) is 0 Å². The molecule has 1 aromatic rings. The number of halogens is 3. The molecule has 2 unspecified atom stereocenters. The molecule has 2 atom stereocenters. The summed E-state index contributed by atoms with van der Waals surface area (Å²) in [6.45, 7) is 2.87. The van der Waals surface area contributed by atoms with Gasteiger partial charge in [0.2, 0.25) is 0 Å². The van der Waals surface area contributed by atoms with E-state index in [4.69, 9.17) is 0 Å². The van der Waals surface area contributed by atoms with Crippen LogP contribution < -0.4 is 10.6 Å². The summed E-state index contributed by atoms with van der Waals surface area (Å²) in [7, 11) is 0. The van der Waals surface area contributed by atoms with Gasteiger partial charge in [-0.05, 0) is 38.4 Å². The van der Waals surface area contributed by atoms with Gasteiger partial charge in [-0.1, -0.05) is 0 Å². The van der Waals surface area contributed by atoms with E-state index in [2.05, 4.69) is 15.6 Å². The molecule has 7 heteroatoms. The number of nitrogens with zero attached hydrogens (tertiary/aromatic N) is 1. The fraction of sp³-hybridized carbons (Fsp3) is 0.538. The lowest BCUT2D eigenvalue weighted by Gasteiger charge is -2.30. The zero-order chi connectivity index (χ0) is 14.8. The van der Waals surface area contributed by atoms with E-state index in [9.17, 15) is 18.0 Å². The minimum atomic E-state index is -4.44. The molecule has 0 aliphatic carbocycles. The Kier molecular flexibility index (Phi) is 4.27. The van der Waals surface area contributed by atoms with E-state index >= 15 is 0 Å². The molecule has 0 spiro atoms. The number of aromatic nitrogens is 1. The Labute approximate surface area is 114 Å². The zero-order valence-electron chi connectivity index (χ0n) is 11.0. The summed E-state index contributed by atoms with van der Waals surface area (Å²) >= 11 is 0. The van der Waals surface area contributed by atoms with E-state index in [-0.39, 0.29) is 17.8 Å². The number of pyridine rings is 1. The van der Waals surface area contributed by atoms with E-state index in [0.29, 0.717) is 6.20 Å².